The molecule has 0 bridgehead atoms. The van der Waals surface area contributed by atoms with Crippen LogP contribution < -0.4 is 0 Å². The average molecular weight is 678 g/mol. The topological polar surface area (TPSA) is 51.8 Å². The Balaban J connectivity index is 1.15. The van der Waals surface area contributed by atoms with E-state index >= 15 is 0 Å². The molecular formula is C49H31N3O. The molecule has 0 aliphatic rings. The normalized spacial score (nSPS) is 11.4. The first kappa shape index (κ1) is 30.6. The summed E-state index contributed by atoms with van der Waals surface area (Å²) < 4.78 is 6.55. The molecule has 0 N–H and O–H groups in total. The number of rotatable bonds is 6. The molecule has 8 aromatic carbocycles. The smallest absolute Gasteiger partial charge is 0.164 e. The molecule has 0 atom stereocenters. The third kappa shape index (κ3) is 5.73. The average Bonchev–Trinajstić information content (AvgIpc) is 3.62. The molecule has 4 nitrogen and oxygen atoms in total. The molecule has 0 aliphatic carbocycles. The van der Waals surface area contributed by atoms with E-state index in [0.717, 1.165) is 66.3 Å². The van der Waals surface area contributed by atoms with Gasteiger partial charge in [-0.05, 0) is 74.5 Å². The molecule has 0 fully saturated rings. The van der Waals surface area contributed by atoms with Crippen LogP contribution >= 0.6 is 0 Å². The van der Waals surface area contributed by atoms with Crippen LogP contribution in [0.5, 0.6) is 0 Å². The number of hydrogen-bond donors (Lipinski definition) is 0. The Morgan fingerprint density at radius 3 is 1.62 bits per heavy atom. The fourth-order valence-electron chi connectivity index (χ4n) is 7.23. The SMILES string of the molecule is c1ccc(-c2ccc(-c3cccc(-c4cc(-c5nc(-c6ccccc6)nc(-c6ccc7ccccc7c6)n5)c5c(c4)oc4ccccc45)c3)cc2)cc1. The van der Waals surface area contributed by atoms with Crippen molar-refractivity contribution in [2.45, 2.75) is 0 Å². The minimum Gasteiger partial charge on any atom is -0.456 e. The molecule has 0 radical (unpaired) electrons. The van der Waals surface area contributed by atoms with Gasteiger partial charge in [0.25, 0.3) is 0 Å². The van der Waals surface area contributed by atoms with Crippen LogP contribution in [-0.4, -0.2) is 15.0 Å². The molecule has 0 aliphatic heterocycles. The highest BCUT2D eigenvalue weighted by Gasteiger charge is 2.20. The van der Waals surface area contributed by atoms with Crippen molar-refractivity contribution in [2.75, 3.05) is 0 Å². The first-order chi connectivity index (χ1) is 26.2. The van der Waals surface area contributed by atoms with Gasteiger partial charge in [0.05, 0.1) is 0 Å². The second kappa shape index (κ2) is 12.9. The van der Waals surface area contributed by atoms with Gasteiger partial charge in [0.15, 0.2) is 17.5 Å². The summed E-state index contributed by atoms with van der Waals surface area (Å²) in [5.41, 5.74) is 11.1. The molecule has 4 heteroatoms. The quantitative estimate of drug-likeness (QED) is 0.176. The van der Waals surface area contributed by atoms with E-state index in [9.17, 15) is 0 Å². The summed E-state index contributed by atoms with van der Waals surface area (Å²) in [4.78, 5) is 15.4. The zero-order chi connectivity index (χ0) is 35.1. The van der Waals surface area contributed by atoms with Crippen molar-refractivity contribution < 1.29 is 4.42 Å². The summed E-state index contributed by atoms with van der Waals surface area (Å²) in [6.07, 6.45) is 0. The van der Waals surface area contributed by atoms with Crippen LogP contribution in [0.3, 0.4) is 0 Å². The largest absolute Gasteiger partial charge is 0.456 e. The van der Waals surface area contributed by atoms with E-state index in [2.05, 4.69) is 133 Å². The van der Waals surface area contributed by atoms with E-state index in [0.29, 0.717) is 17.5 Å². The molecule has 0 saturated carbocycles. The second-order valence-corrected chi connectivity index (χ2v) is 13.3. The fraction of sp³-hybridized carbons (Fsp3) is 0. The molecule has 10 aromatic rings. The fourth-order valence-corrected chi connectivity index (χ4v) is 7.23. The van der Waals surface area contributed by atoms with E-state index in [1.165, 1.54) is 16.5 Å². The number of para-hydroxylation sites is 1. The minimum atomic E-state index is 0.591. The second-order valence-electron chi connectivity index (χ2n) is 13.3. The van der Waals surface area contributed by atoms with Crippen LogP contribution in [0, 0.1) is 0 Å². The van der Waals surface area contributed by atoms with Gasteiger partial charge in [-0.25, -0.2) is 15.0 Å². The van der Waals surface area contributed by atoms with Crippen molar-refractivity contribution in [2.24, 2.45) is 0 Å². The number of aromatic nitrogens is 3. The Bertz CT molecular complexity index is 2930. The third-order valence-electron chi connectivity index (χ3n) is 9.92. The molecule has 0 saturated heterocycles. The standard InChI is InChI=1S/C49H31N3O/c1-3-12-32(13-4-1)34-22-24-35(25-23-34)38-18-11-19-39(28-38)41-30-43(46-42-20-9-10-21-44(42)53-45(46)31-41)49-51-47(36-15-5-2-6-16-36)50-48(52-49)40-27-26-33-14-7-8-17-37(33)29-40/h1-31H. The predicted molar refractivity (Wildman–Crippen MR) is 217 cm³/mol. The Morgan fingerprint density at radius 2 is 0.849 bits per heavy atom. The highest BCUT2D eigenvalue weighted by Crippen LogP contribution is 2.40. The number of hydrogen-bond acceptors (Lipinski definition) is 4. The monoisotopic (exact) mass is 677 g/mol. The highest BCUT2D eigenvalue weighted by atomic mass is 16.3. The first-order valence-electron chi connectivity index (χ1n) is 17.8. The summed E-state index contributed by atoms with van der Waals surface area (Å²) in [6.45, 7) is 0. The van der Waals surface area contributed by atoms with Crippen molar-refractivity contribution in [3.05, 3.63) is 188 Å². The number of furan rings is 1. The van der Waals surface area contributed by atoms with Crippen LogP contribution in [0.2, 0.25) is 0 Å². The van der Waals surface area contributed by atoms with Crippen molar-refractivity contribution in [3.63, 3.8) is 0 Å². The lowest BCUT2D eigenvalue weighted by molar-refractivity contribution is 0.669. The zero-order valence-corrected chi connectivity index (χ0v) is 28.6. The predicted octanol–water partition coefficient (Wildman–Crippen LogP) is 12.9. The summed E-state index contributed by atoms with van der Waals surface area (Å²) in [5.74, 6) is 1.83. The number of fused-ring (bicyclic) bond motifs is 4. The van der Waals surface area contributed by atoms with Crippen LogP contribution in [0.1, 0.15) is 0 Å². The first-order valence-corrected chi connectivity index (χ1v) is 17.8. The van der Waals surface area contributed by atoms with Gasteiger partial charge in [-0.15, -0.1) is 0 Å². The van der Waals surface area contributed by atoms with Crippen LogP contribution in [-0.2, 0) is 0 Å². The van der Waals surface area contributed by atoms with Crippen LogP contribution in [0.25, 0.3) is 100 Å². The van der Waals surface area contributed by atoms with Gasteiger partial charge in [0, 0.05) is 27.5 Å². The van der Waals surface area contributed by atoms with Gasteiger partial charge in [-0.1, -0.05) is 158 Å². The Labute approximate surface area is 306 Å². The number of nitrogens with zero attached hydrogens (tertiary/aromatic N) is 3. The van der Waals surface area contributed by atoms with E-state index < -0.39 is 0 Å². The number of benzene rings is 8. The van der Waals surface area contributed by atoms with Gasteiger partial charge in [0.1, 0.15) is 11.2 Å². The molecule has 248 valence electrons. The van der Waals surface area contributed by atoms with Gasteiger partial charge in [0.2, 0.25) is 0 Å². The van der Waals surface area contributed by atoms with Gasteiger partial charge < -0.3 is 4.42 Å². The molecule has 53 heavy (non-hydrogen) atoms. The molecule has 0 unspecified atom stereocenters. The summed E-state index contributed by atoms with van der Waals surface area (Å²) in [6, 6.07) is 65.3. The lowest BCUT2D eigenvalue weighted by Gasteiger charge is -2.12. The molecule has 10 rings (SSSR count). The van der Waals surface area contributed by atoms with E-state index in [4.69, 9.17) is 19.4 Å². The van der Waals surface area contributed by atoms with Crippen LogP contribution in [0.4, 0.5) is 0 Å². The molecule has 0 amide bonds. The summed E-state index contributed by atoms with van der Waals surface area (Å²) in [7, 11) is 0. The lowest BCUT2D eigenvalue weighted by Crippen LogP contribution is -2.00. The van der Waals surface area contributed by atoms with E-state index in [-0.39, 0.29) is 0 Å². The maximum atomic E-state index is 6.55. The van der Waals surface area contributed by atoms with E-state index in [1.807, 2.05) is 54.6 Å². The lowest BCUT2D eigenvalue weighted by atomic mass is 9.95. The molecule has 2 heterocycles. The maximum Gasteiger partial charge on any atom is 0.164 e. The Hall–Kier alpha value is -7.17. The van der Waals surface area contributed by atoms with Crippen molar-refractivity contribution in [1.29, 1.82) is 0 Å². The minimum absolute atomic E-state index is 0.591. The van der Waals surface area contributed by atoms with Gasteiger partial charge >= 0.3 is 0 Å². The summed E-state index contributed by atoms with van der Waals surface area (Å²) >= 11 is 0. The van der Waals surface area contributed by atoms with Crippen molar-refractivity contribution in [1.82, 2.24) is 15.0 Å². The molecular weight excluding hydrogens is 647 g/mol. The van der Waals surface area contributed by atoms with Gasteiger partial charge in [-0.3, -0.25) is 0 Å². The Kier molecular flexibility index (Phi) is 7.43. The molecule has 2 aromatic heterocycles. The third-order valence-corrected chi connectivity index (χ3v) is 9.92. The summed E-state index contributed by atoms with van der Waals surface area (Å²) in [5, 5.41) is 4.30. The zero-order valence-electron chi connectivity index (χ0n) is 28.6. The van der Waals surface area contributed by atoms with Crippen molar-refractivity contribution >= 4 is 32.7 Å². The molecule has 0 spiro atoms. The van der Waals surface area contributed by atoms with Crippen molar-refractivity contribution in [3.8, 4) is 67.5 Å². The van der Waals surface area contributed by atoms with E-state index in [1.54, 1.807) is 0 Å². The maximum absolute atomic E-state index is 6.55. The Morgan fingerprint density at radius 1 is 0.302 bits per heavy atom. The highest BCUT2D eigenvalue weighted by molar-refractivity contribution is 6.13. The van der Waals surface area contributed by atoms with Gasteiger partial charge in [-0.2, -0.15) is 0 Å². The van der Waals surface area contributed by atoms with Crippen LogP contribution in [0.15, 0.2) is 192 Å².